The van der Waals surface area contributed by atoms with Crippen molar-refractivity contribution < 1.29 is 0 Å². The molecule has 2 aromatic rings. The van der Waals surface area contributed by atoms with Gasteiger partial charge in [-0.2, -0.15) is 0 Å². The van der Waals surface area contributed by atoms with E-state index in [-0.39, 0.29) is 6.04 Å². The Kier molecular flexibility index (Phi) is 3.49. The molecule has 2 heterocycles. The van der Waals surface area contributed by atoms with E-state index in [2.05, 4.69) is 23.0 Å². The van der Waals surface area contributed by atoms with Gasteiger partial charge in [-0.05, 0) is 41.7 Å². The zero-order chi connectivity index (χ0) is 12.3. The normalized spacial score (nSPS) is 12.4. The Balaban J connectivity index is 2.40. The molecule has 0 spiro atoms. The van der Waals surface area contributed by atoms with E-state index in [0.717, 1.165) is 23.1 Å². The highest BCUT2D eigenvalue weighted by Crippen LogP contribution is 2.22. The minimum absolute atomic E-state index is 0.125. The smallest absolute Gasteiger partial charge is 0.0570 e. The van der Waals surface area contributed by atoms with Crippen LogP contribution in [0.1, 0.15) is 35.2 Å². The summed E-state index contributed by atoms with van der Waals surface area (Å²) in [6, 6.07) is 3.95. The van der Waals surface area contributed by atoms with Crippen LogP contribution in [0.25, 0.3) is 0 Å². The molecule has 0 aromatic carbocycles. The Morgan fingerprint density at radius 3 is 2.76 bits per heavy atom. The van der Waals surface area contributed by atoms with Crippen LogP contribution in [-0.2, 0) is 6.42 Å². The fraction of sp³-hybridized carbons (Fsp3) is 0.286. The average Bonchev–Trinajstić information content (AvgIpc) is 2.38. The topological polar surface area (TPSA) is 51.8 Å². The number of nitrogens with two attached hydrogens (primary N) is 1. The quantitative estimate of drug-likeness (QED) is 0.876. The summed E-state index contributed by atoms with van der Waals surface area (Å²) in [6.45, 7) is 4.14. The first-order chi connectivity index (χ1) is 8.22. The number of hydrogen-bond donors (Lipinski definition) is 1. The Hall–Kier alpha value is -1.74. The maximum atomic E-state index is 6.29. The van der Waals surface area contributed by atoms with Gasteiger partial charge in [0.1, 0.15) is 0 Å². The summed E-state index contributed by atoms with van der Waals surface area (Å²) in [4.78, 5) is 8.33. The molecule has 0 fully saturated rings. The molecular weight excluding hydrogens is 210 g/mol. The summed E-state index contributed by atoms with van der Waals surface area (Å²) in [5, 5.41) is 0. The van der Waals surface area contributed by atoms with Crippen LogP contribution < -0.4 is 5.73 Å². The first-order valence-electron chi connectivity index (χ1n) is 5.82. The van der Waals surface area contributed by atoms with E-state index in [0.29, 0.717) is 0 Å². The second-order valence-electron chi connectivity index (χ2n) is 4.20. The predicted octanol–water partition coefficient (Wildman–Crippen LogP) is 2.40. The summed E-state index contributed by atoms with van der Waals surface area (Å²) < 4.78 is 0. The summed E-state index contributed by atoms with van der Waals surface area (Å²) in [6.07, 6.45) is 8.28. The first-order valence-corrected chi connectivity index (χ1v) is 5.82. The highest BCUT2D eigenvalue weighted by atomic mass is 14.7. The van der Waals surface area contributed by atoms with E-state index < -0.39 is 0 Å². The Labute approximate surface area is 102 Å². The molecule has 0 amide bonds. The van der Waals surface area contributed by atoms with Crippen LogP contribution in [0.15, 0.2) is 36.9 Å². The molecule has 0 aliphatic rings. The third-order valence-electron chi connectivity index (χ3n) is 2.91. The lowest BCUT2D eigenvalue weighted by Gasteiger charge is -2.15. The zero-order valence-corrected chi connectivity index (χ0v) is 10.2. The molecule has 3 nitrogen and oxygen atoms in total. The van der Waals surface area contributed by atoms with Gasteiger partial charge in [-0.15, -0.1) is 0 Å². The lowest BCUT2D eigenvalue weighted by atomic mass is 9.96. The van der Waals surface area contributed by atoms with Crippen molar-refractivity contribution in [3.8, 4) is 0 Å². The minimum Gasteiger partial charge on any atom is -0.320 e. The molecule has 0 bridgehead atoms. The van der Waals surface area contributed by atoms with Crippen LogP contribution in [0.2, 0.25) is 0 Å². The SMILES string of the molecule is CCc1cnccc1C(N)c1cncc(C)c1. The van der Waals surface area contributed by atoms with Gasteiger partial charge in [-0.3, -0.25) is 9.97 Å². The maximum absolute atomic E-state index is 6.29. The molecule has 17 heavy (non-hydrogen) atoms. The van der Waals surface area contributed by atoms with Crippen LogP contribution in [0.4, 0.5) is 0 Å². The van der Waals surface area contributed by atoms with Gasteiger partial charge in [0.2, 0.25) is 0 Å². The van der Waals surface area contributed by atoms with Gasteiger partial charge in [0, 0.05) is 24.8 Å². The zero-order valence-electron chi connectivity index (χ0n) is 10.2. The molecular formula is C14H17N3. The Bertz CT molecular complexity index is 508. The number of aryl methyl sites for hydroxylation is 2. The maximum Gasteiger partial charge on any atom is 0.0570 e. The fourth-order valence-corrected chi connectivity index (χ4v) is 1.96. The van der Waals surface area contributed by atoms with Gasteiger partial charge in [-0.1, -0.05) is 13.0 Å². The summed E-state index contributed by atoms with van der Waals surface area (Å²) >= 11 is 0. The van der Waals surface area contributed by atoms with E-state index in [9.17, 15) is 0 Å². The minimum atomic E-state index is -0.125. The molecule has 0 radical (unpaired) electrons. The van der Waals surface area contributed by atoms with Gasteiger partial charge in [0.25, 0.3) is 0 Å². The third kappa shape index (κ3) is 2.50. The monoisotopic (exact) mass is 227 g/mol. The first kappa shape index (κ1) is 11.7. The average molecular weight is 227 g/mol. The fourth-order valence-electron chi connectivity index (χ4n) is 1.96. The lowest BCUT2D eigenvalue weighted by molar-refractivity contribution is 0.835. The van der Waals surface area contributed by atoms with Crippen molar-refractivity contribution >= 4 is 0 Å². The van der Waals surface area contributed by atoms with E-state index in [1.165, 1.54) is 5.56 Å². The Morgan fingerprint density at radius 2 is 2.06 bits per heavy atom. The molecule has 2 N–H and O–H groups in total. The van der Waals surface area contributed by atoms with Crippen LogP contribution in [0.5, 0.6) is 0 Å². The Morgan fingerprint density at radius 1 is 1.24 bits per heavy atom. The van der Waals surface area contributed by atoms with Crippen molar-refractivity contribution in [3.63, 3.8) is 0 Å². The van der Waals surface area contributed by atoms with Gasteiger partial charge in [0.05, 0.1) is 6.04 Å². The summed E-state index contributed by atoms with van der Waals surface area (Å²) in [5.74, 6) is 0. The molecule has 0 saturated carbocycles. The van der Waals surface area contributed by atoms with Crippen LogP contribution in [-0.4, -0.2) is 9.97 Å². The van der Waals surface area contributed by atoms with Gasteiger partial charge >= 0.3 is 0 Å². The van der Waals surface area contributed by atoms with Gasteiger partial charge in [0.15, 0.2) is 0 Å². The van der Waals surface area contributed by atoms with Crippen molar-refractivity contribution in [2.24, 2.45) is 5.73 Å². The largest absolute Gasteiger partial charge is 0.320 e. The van der Waals surface area contributed by atoms with E-state index in [1.54, 1.807) is 6.20 Å². The van der Waals surface area contributed by atoms with Crippen molar-refractivity contribution in [3.05, 3.63) is 59.2 Å². The van der Waals surface area contributed by atoms with Gasteiger partial charge < -0.3 is 5.73 Å². The van der Waals surface area contributed by atoms with Crippen LogP contribution in [0.3, 0.4) is 0 Å². The van der Waals surface area contributed by atoms with E-state index in [4.69, 9.17) is 5.73 Å². The standard InChI is InChI=1S/C14H17N3/c1-3-11-8-16-5-4-13(11)14(15)12-6-10(2)7-17-9-12/h4-9,14H,3,15H2,1-2H3. The van der Waals surface area contributed by atoms with Crippen LogP contribution >= 0.6 is 0 Å². The van der Waals surface area contributed by atoms with Crippen molar-refractivity contribution in [1.29, 1.82) is 0 Å². The van der Waals surface area contributed by atoms with Crippen molar-refractivity contribution in [2.75, 3.05) is 0 Å². The van der Waals surface area contributed by atoms with Crippen LogP contribution in [0, 0.1) is 6.92 Å². The molecule has 2 rings (SSSR count). The number of rotatable bonds is 3. The molecule has 3 heteroatoms. The molecule has 88 valence electrons. The lowest BCUT2D eigenvalue weighted by Crippen LogP contribution is -2.14. The molecule has 0 saturated heterocycles. The molecule has 0 aliphatic heterocycles. The molecule has 1 atom stereocenters. The second kappa shape index (κ2) is 5.06. The second-order valence-corrected chi connectivity index (χ2v) is 4.20. The van der Waals surface area contributed by atoms with E-state index >= 15 is 0 Å². The van der Waals surface area contributed by atoms with E-state index in [1.807, 2.05) is 31.6 Å². The number of hydrogen-bond acceptors (Lipinski definition) is 3. The highest BCUT2D eigenvalue weighted by Gasteiger charge is 2.12. The molecule has 2 aromatic heterocycles. The summed E-state index contributed by atoms with van der Waals surface area (Å²) in [7, 11) is 0. The molecule has 1 unspecified atom stereocenters. The third-order valence-corrected chi connectivity index (χ3v) is 2.91. The summed E-state index contributed by atoms with van der Waals surface area (Å²) in [5.41, 5.74) is 10.8. The number of nitrogens with zero attached hydrogens (tertiary/aromatic N) is 2. The van der Waals surface area contributed by atoms with Gasteiger partial charge in [-0.25, -0.2) is 0 Å². The number of aromatic nitrogens is 2. The molecule has 0 aliphatic carbocycles. The predicted molar refractivity (Wildman–Crippen MR) is 68.6 cm³/mol. The van der Waals surface area contributed by atoms with Crippen molar-refractivity contribution in [1.82, 2.24) is 9.97 Å². The number of pyridine rings is 2. The highest BCUT2D eigenvalue weighted by molar-refractivity contribution is 5.35. The van der Waals surface area contributed by atoms with Crippen molar-refractivity contribution in [2.45, 2.75) is 26.3 Å².